The number of fused-ring (bicyclic) bond motifs is 6. The van der Waals surface area contributed by atoms with Crippen LogP contribution in [0.25, 0.3) is 77.2 Å². The van der Waals surface area contributed by atoms with E-state index in [2.05, 4.69) is 57.7 Å². The second-order valence-corrected chi connectivity index (χ2v) is 12.6. The Morgan fingerprint density at radius 2 is 0.904 bits per heavy atom. The Kier molecular flexibility index (Phi) is 6.91. The smallest absolute Gasteiger partial charge is 0.101 e. The molecule has 7 aromatic carbocycles. The maximum Gasteiger partial charge on any atom is 0.101 e. The van der Waals surface area contributed by atoms with Crippen molar-refractivity contribution in [3.8, 4) is 57.9 Å². The van der Waals surface area contributed by atoms with Gasteiger partial charge in [0.2, 0.25) is 0 Å². The van der Waals surface area contributed by atoms with Crippen molar-refractivity contribution >= 4 is 43.6 Å². The van der Waals surface area contributed by atoms with E-state index >= 15 is 0 Å². The summed E-state index contributed by atoms with van der Waals surface area (Å²) in [5, 5.41) is 45.1. The largest absolute Gasteiger partial charge is 0.309 e. The number of benzene rings is 7. The fourth-order valence-corrected chi connectivity index (χ4v) is 7.62. The van der Waals surface area contributed by atoms with E-state index in [1.807, 2.05) is 109 Å². The van der Waals surface area contributed by atoms with Crippen molar-refractivity contribution in [1.29, 1.82) is 21.0 Å². The average Bonchev–Trinajstić information content (AvgIpc) is 3.72. The number of rotatable bonds is 4. The Labute approximate surface area is 298 Å². The lowest BCUT2D eigenvalue weighted by atomic mass is 9.91. The van der Waals surface area contributed by atoms with Crippen LogP contribution >= 0.6 is 0 Å². The van der Waals surface area contributed by atoms with E-state index in [0.717, 1.165) is 66.1 Å². The van der Waals surface area contributed by atoms with Crippen molar-refractivity contribution in [2.24, 2.45) is 0 Å². The van der Waals surface area contributed by atoms with Crippen LogP contribution in [0.2, 0.25) is 0 Å². The molecule has 0 spiro atoms. The molecule has 9 aromatic rings. The lowest BCUT2D eigenvalue weighted by Crippen LogP contribution is -2.01. The molecule has 0 bridgehead atoms. The number of nitriles is 4. The van der Waals surface area contributed by atoms with E-state index in [0.29, 0.717) is 33.4 Å². The minimum Gasteiger partial charge on any atom is -0.309 e. The molecule has 0 aliphatic heterocycles. The highest BCUT2D eigenvalue weighted by Gasteiger charge is 2.21. The summed E-state index contributed by atoms with van der Waals surface area (Å²) in [6.07, 6.45) is 0. The van der Waals surface area contributed by atoms with E-state index in [1.165, 1.54) is 0 Å². The zero-order valence-electron chi connectivity index (χ0n) is 27.5. The first-order chi connectivity index (χ1) is 25.6. The van der Waals surface area contributed by atoms with Gasteiger partial charge in [-0.1, -0.05) is 78.9 Å². The van der Waals surface area contributed by atoms with Gasteiger partial charge < -0.3 is 9.13 Å². The molecule has 2 aromatic heterocycles. The van der Waals surface area contributed by atoms with Crippen LogP contribution in [0.15, 0.2) is 146 Å². The van der Waals surface area contributed by atoms with Crippen LogP contribution in [-0.2, 0) is 0 Å². The fourth-order valence-electron chi connectivity index (χ4n) is 7.62. The van der Waals surface area contributed by atoms with Crippen LogP contribution in [-0.4, -0.2) is 9.13 Å². The molecule has 9 rings (SSSR count). The zero-order chi connectivity index (χ0) is 35.3. The molecule has 0 fully saturated rings. The molecule has 0 atom stereocenters. The quantitative estimate of drug-likeness (QED) is 0.187. The molecule has 0 unspecified atom stereocenters. The Morgan fingerprint density at radius 3 is 1.52 bits per heavy atom. The van der Waals surface area contributed by atoms with Crippen LogP contribution in [0.1, 0.15) is 22.3 Å². The molecule has 2 heterocycles. The first-order valence-electron chi connectivity index (χ1n) is 16.7. The van der Waals surface area contributed by atoms with Gasteiger partial charge in [-0.25, -0.2) is 0 Å². The van der Waals surface area contributed by atoms with E-state index < -0.39 is 0 Å². The summed E-state index contributed by atoms with van der Waals surface area (Å²) >= 11 is 0. The summed E-state index contributed by atoms with van der Waals surface area (Å²) in [7, 11) is 0. The molecule has 0 saturated heterocycles. The predicted molar refractivity (Wildman–Crippen MR) is 205 cm³/mol. The van der Waals surface area contributed by atoms with Gasteiger partial charge in [0.15, 0.2) is 0 Å². The summed E-state index contributed by atoms with van der Waals surface area (Å²) in [6.45, 7) is 0. The normalized spacial score (nSPS) is 11.0. The van der Waals surface area contributed by atoms with Gasteiger partial charge in [-0.3, -0.25) is 0 Å². The second-order valence-electron chi connectivity index (χ2n) is 12.6. The molecule has 0 radical (unpaired) electrons. The van der Waals surface area contributed by atoms with Crippen molar-refractivity contribution in [3.63, 3.8) is 0 Å². The van der Waals surface area contributed by atoms with Crippen LogP contribution in [0.3, 0.4) is 0 Å². The second kappa shape index (κ2) is 11.9. The number of hydrogen-bond acceptors (Lipinski definition) is 4. The third-order valence-corrected chi connectivity index (χ3v) is 9.89. The van der Waals surface area contributed by atoms with Crippen molar-refractivity contribution < 1.29 is 0 Å². The van der Waals surface area contributed by atoms with Gasteiger partial charge >= 0.3 is 0 Å². The van der Waals surface area contributed by atoms with Gasteiger partial charge in [-0.05, 0) is 77.9 Å². The predicted octanol–water partition coefficient (Wildman–Crippen LogP) is 10.7. The lowest BCUT2D eigenvalue weighted by molar-refractivity contribution is 1.17. The van der Waals surface area contributed by atoms with Crippen LogP contribution < -0.4 is 0 Å². The maximum atomic E-state index is 10.6. The number of aromatic nitrogens is 2. The summed E-state index contributed by atoms with van der Waals surface area (Å²) in [5.74, 6) is 0. The minimum atomic E-state index is 0.417. The summed E-state index contributed by atoms with van der Waals surface area (Å²) in [4.78, 5) is 0. The van der Waals surface area contributed by atoms with Gasteiger partial charge in [0.25, 0.3) is 0 Å². The van der Waals surface area contributed by atoms with Gasteiger partial charge in [-0.2, -0.15) is 21.0 Å². The molecule has 6 heteroatoms. The standard InChI is InChI=1S/C46H24N6/c47-25-29-16-20-44-39(22-29)38-11-3-6-14-43(38)51(44)40-21-18-31(24-34(40)28-50)30-17-19-35(33(23-30)27-49)46-32(26-48)8-7-15-45(46)52-41-12-4-1-9-36(41)37-10-2-5-13-42(37)52/h1-24H. The monoisotopic (exact) mass is 660 g/mol. The molecule has 6 nitrogen and oxygen atoms in total. The first kappa shape index (κ1) is 30.2. The highest BCUT2D eigenvalue weighted by atomic mass is 15.0. The Bertz CT molecular complexity index is 3080. The molecule has 0 aliphatic carbocycles. The Morgan fingerprint density at radius 1 is 0.365 bits per heavy atom. The van der Waals surface area contributed by atoms with Gasteiger partial charge in [-0.15, -0.1) is 0 Å². The number of para-hydroxylation sites is 3. The van der Waals surface area contributed by atoms with Crippen LogP contribution in [0.5, 0.6) is 0 Å². The third kappa shape index (κ3) is 4.47. The van der Waals surface area contributed by atoms with Gasteiger partial charge in [0.05, 0.1) is 73.9 Å². The van der Waals surface area contributed by atoms with E-state index in [4.69, 9.17) is 0 Å². The third-order valence-electron chi connectivity index (χ3n) is 9.89. The minimum absolute atomic E-state index is 0.417. The molecule has 238 valence electrons. The van der Waals surface area contributed by atoms with E-state index in [1.54, 1.807) is 12.1 Å². The van der Waals surface area contributed by atoms with Crippen LogP contribution in [0.4, 0.5) is 0 Å². The molecule has 0 N–H and O–H groups in total. The maximum absolute atomic E-state index is 10.6. The van der Waals surface area contributed by atoms with Crippen molar-refractivity contribution in [1.82, 2.24) is 9.13 Å². The molecule has 0 aliphatic rings. The highest BCUT2D eigenvalue weighted by Crippen LogP contribution is 2.40. The van der Waals surface area contributed by atoms with E-state index in [-0.39, 0.29) is 0 Å². The van der Waals surface area contributed by atoms with Crippen molar-refractivity contribution in [3.05, 3.63) is 168 Å². The molecule has 52 heavy (non-hydrogen) atoms. The molecule has 0 amide bonds. The van der Waals surface area contributed by atoms with Gasteiger partial charge in [0, 0.05) is 32.7 Å². The first-order valence-corrected chi connectivity index (χ1v) is 16.7. The topological polar surface area (TPSA) is 105 Å². The van der Waals surface area contributed by atoms with Gasteiger partial charge in [0.1, 0.15) is 6.07 Å². The molecular weight excluding hydrogens is 637 g/mol. The Balaban J connectivity index is 1.20. The highest BCUT2D eigenvalue weighted by molar-refractivity contribution is 6.11. The number of nitrogens with zero attached hydrogens (tertiary/aromatic N) is 6. The fraction of sp³-hybridized carbons (Fsp3) is 0. The summed E-state index contributed by atoms with van der Waals surface area (Å²) < 4.78 is 4.23. The molecule has 0 saturated carbocycles. The SMILES string of the molecule is N#Cc1ccc2c(c1)c1ccccc1n2-c1ccc(-c2ccc(-c3c(C#N)cccc3-n3c4ccccc4c4ccccc43)c(C#N)c2)cc1C#N. The van der Waals surface area contributed by atoms with Crippen molar-refractivity contribution in [2.75, 3.05) is 0 Å². The summed E-state index contributed by atoms with van der Waals surface area (Å²) in [5.41, 5.74) is 10.2. The number of hydrogen-bond donors (Lipinski definition) is 0. The molecular formula is C46H24N6. The zero-order valence-corrected chi connectivity index (χ0v) is 27.5. The average molecular weight is 661 g/mol. The lowest BCUT2D eigenvalue weighted by Gasteiger charge is -2.17. The van der Waals surface area contributed by atoms with E-state index in [9.17, 15) is 21.0 Å². The Hall–Kier alpha value is -7.90. The summed E-state index contributed by atoms with van der Waals surface area (Å²) in [6, 6.07) is 56.5. The van der Waals surface area contributed by atoms with Crippen LogP contribution in [0, 0.1) is 45.3 Å². The van der Waals surface area contributed by atoms with Crippen molar-refractivity contribution in [2.45, 2.75) is 0 Å².